The molecule has 128 valence electrons. The Hall–Kier alpha value is -3.14. The monoisotopic (exact) mass is 335 g/mol. The molecule has 0 bridgehead atoms. The van der Waals surface area contributed by atoms with Crippen molar-refractivity contribution in [2.75, 3.05) is 19.0 Å². The summed E-state index contributed by atoms with van der Waals surface area (Å²) >= 11 is 0. The van der Waals surface area contributed by atoms with Gasteiger partial charge in [-0.1, -0.05) is 36.4 Å². The van der Waals surface area contributed by atoms with Crippen LogP contribution in [0.15, 0.2) is 60.7 Å². The van der Waals surface area contributed by atoms with E-state index in [0.717, 1.165) is 16.8 Å². The van der Waals surface area contributed by atoms with E-state index in [0.29, 0.717) is 0 Å². The number of hydrogen-bond donors (Lipinski definition) is 1. The number of ketones is 2. The van der Waals surface area contributed by atoms with Gasteiger partial charge < -0.3 is 10.0 Å². The summed E-state index contributed by atoms with van der Waals surface area (Å²) in [7, 11) is 3.87. The molecule has 2 aromatic rings. The second kappa shape index (κ2) is 8.64. The molecule has 0 atom stereocenters. The molecular formula is C21H21NO3. The summed E-state index contributed by atoms with van der Waals surface area (Å²) in [4.78, 5) is 25.8. The van der Waals surface area contributed by atoms with Crippen LogP contribution in [0, 0.1) is 0 Å². The third kappa shape index (κ3) is 5.77. The number of hydrogen-bond acceptors (Lipinski definition) is 4. The van der Waals surface area contributed by atoms with Crippen LogP contribution in [0.1, 0.15) is 17.5 Å². The summed E-state index contributed by atoms with van der Waals surface area (Å²) < 4.78 is 0. The van der Waals surface area contributed by atoms with Crippen LogP contribution in [-0.4, -0.2) is 30.8 Å². The van der Waals surface area contributed by atoms with Crippen LogP contribution in [0.3, 0.4) is 0 Å². The number of phenols is 1. The van der Waals surface area contributed by atoms with Gasteiger partial charge in [0, 0.05) is 19.8 Å². The lowest BCUT2D eigenvalue weighted by Gasteiger charge is -2.15. The molecule has 4 nitrogen and oxygen atoms in total. The fraction of sp³-hybridized carbons (Fsp3) is 0.143. The summed E-state index contributed by atoms with van der Waals surface area (Å²) in [6.07, 6.45) is 6.00. The van der Waals surface area contributed by atoms with Crippen LogP contribution in [-0.2, 0) is 9.59 Å². The third-order valence-electron chi connectivity index (χ3n) is 3.57. The SMILES string of the molecule is CN(C)c1ccccc1C=CC(=O)CC(=O)C=Cc1ccc(O)cc1. The summed E-state index contributed by atoms with van der Waals surface area (Å²) in [5, 5.41) is 9.21. The van der Waals surface area contributed by atoms with Crippen molar-refractivity contribution in [2.24, 2.45) is 0 Å². The van der Waals surface area contributed by atoms with Crippen molar-refractivity contribution in [3.8, 4) is 5.75 Å². The normalized spacial score (nSPS) is 11.1. The van der Waals surface area contributed by atoms with Crippen LogP contribution in [0.25, 0.3) is 12.2 Å². The highest BCUT2D eigenvalue weighted by molar-refractivity contribution is 6.11. The van der Waals surface area contributed by atoms with E-state index in [-0.39, 0.29) is 23.7 Å². The molecule has 1 N–H and O–H groups in total. The van der Waals surface area contributed by atoms with Crippen molar-refractivity contribution in [3.05, 3.63) is 71.8 Å². The van der Waals surface area contributed by atoms with E-state index in [4.69, 9.17) is 0 Å². The largest absolute Gasteiger partial charge is 0.508 e. The van der Waals surface area contributed by atoms with Gasteiger partial charge in [0.2, 0.25) is 0 Å². The van der Waals surface area contributed by atoms with Gasteiger partial charge >= 0.3 is 0 Å². The van der Waals surface area contributed by atoms with Crippen LogP contribution < -0.4 is 4.90 Å². The average molecular weight is 335 g/mol. The average Bonchev–Trinajstić information content (AvgIpc) is 2.59. The molecule has 2 rings (SSSR count). The van der Waals surface area contributed by atoms with Crippen LogP contribution >= 0.6 is 0 Å². The van der Waals surface area contributed by atoms with Gasteiger partial charge in [0.1, 0.15) is 5.75 Å². The maximum absolute atomic E-state index is 12.0. The highest BCUT2D eigenvalue weighted by Gasteiger charge is 2.05. The molecule has 2 aromatic carbocycles. The molecule has 0 spiro atoms. The number of carbonyl (C=O) groups is 2. The van der Waals surface area contributed by atoms with Gasteiger partial charge in [-0.3, -0.25) is 9.59 Å². The van der Waals surface area contributed by atoms with Gasteiger partial charge in [0.05, 0.1) is 6.42 Å². The molecule has 0 aromatic heterocycles. The van der Waals surface area contributed by atoms with E-state index >= 15 is 0 Å². The van der Waals surface area contributed by atoms with Gasteiger partial charge in [-0.15, -0.1) is 0 Å². The summed E-state index contributed by atoms with van der Waals surface area (Å²) in [6, 6.07) is 14.2. The first-order valence-electron chi connectivity index (χ1n) is 7.93. The van der Waals surface area contributed by atoms with E-state index in [1.807, 2.05) is 43.3 Å². The number of para-hydroxylation sites is 1. The Morgan fingerprint density at radius 2 is 1.52 bits per heavy atom. The van der Waals surface area contributed by atoms with E-state index < -0.39 is 0 Å². The second-order valence-electron chi connectivity index (χ2n) is 5.82. The Morgan fingerprint density at radius 3 is 2.16 bits per heavy atom. The molecule has 25 heavy (non-hydrogen) atoms. The Balaban J connectivity index is 1.95. The lowest BCUT2D eigenvalue weighted by Crippen LogP contribution is -2.10. The number of benzene rings is 2. The van der Waals surface area contributed by atoms with Crippen molar-refractivity contribution in [1.29, 1.82) is 0 Å². The van der Waals surface area contributed by atoms with Gasteiger partial charge in [-0.2, -0.15) is 0 Å². The molecule has 0 fully saturated rings. The van der Waals surface area contributed by atoms with Crippen molar-refractivity contribution in [2.45, 2.75) is 6.42 Å². The number of carbonyl (C=O) groups excluding carboxylic acids is 2. The molecule has 0 saturated heterocycles. The Labute approximate surface area is 147 Å². The van der Waals surface area contributed by atoms with Gasteiger partial charge in [-0.05, 0) is 47.6 Å². The molecule has 0 aliphatic rings. The maximum Gasteiger partial charge on any atom is 0.163 e. The quantitative estimate of drug-likeness (QED) is 0.619. The number of rotatable bonds is 7. The Kier molecular flexibility index (Phi) is 6.29. The van der Waals surface area contributed by atoms with E-state index in [1.165, 1.54) is 12.2 Å². The minimum atomic E-state index is -0.261. The van der Waals surface area contributed by atoms with Crippen molar-refractivity contribution in [1.82, 2.24) is 0 Å². The smallest absolute Gasteiger partial charge is 0.163 e. The van der Waals surface area contributed by atoms with Crippen LogP contribution in [0.5, 0.6) is 5.75 Å². The fourth-order valence-electron chi connectivity index (χ4n) is 2.28. The predicted molar refractivity (Wildman–Crippen MR) is 102 cm³/mol. The molecule has 0 unspecified atom stereocenters. The van der Waals surface area contributed by atoms with E-state index in [2.05, 4.69) is 0 Å². The maximum atomic E-state index is 12.0. The first-order chi connectivity index (χ1) is 12.0. The summed E-state index contributed by atoms with van der Waals surface area (Å²) in [5.41, 5.74) is 2.71. The topological polar surface area (TPSA) is 57.6 Å². The predicted octanol–water partition coefficient (Wildman–Crippen LogP) is 3.71. The first kappa shape index (κ1) is 18.2. The Morgan fingerprint density at radius 1 is 0.920 bits per heavy atom. The van der Waals surface area contributed by atoms with Gasteiger partial charge in [0.15, 0.2) is 11.6 Å². The van der Waals surface area contributed by atoms with E-state index in [9.17, 15) is 14.7 Å². The molecule has 0 amide bonds. The highest BCUT2D eigenvalue weighted by Crippen LogP contribution is 2.19. The van der Waals surface area contributed by atoms with Crippen molar-refractivity contribution < 1.29 is 14.7 Å². The molecule has 4 heteroatoms. The zero-order valence-electron chi connectivity index (χ0n) is 14.3. The highest BCUT2D eigenvalue weighted by atomic mass is 16.3. The zero-order valence-corrected chi connectivity index (χ0v) is 14.3. The Bertz CT molecular complexity index is 802. The number of phenolic OH excluding ortho intramolecular Hbond substituents is 1. The van der Waals surface area contributed by atoms with Gasteiger partial charge in [0.25, 0.3) is 0 Å². The first-order valence-corrected chi connectivity index (χ1v) is 7.93. The number of anilines is 1. The number of aromatic hydroxyl groups is 1. The minimum absolute atomic E-state index is 0.168. The number of allylic oxidation sites excluding steroid dienone is 2. The van der Waals surface area contributed by atoms with E-state index in [1.54, 1.807) is 36.4 Å². The molecule has 0 radical (unpaired) electrons. The number of nitrogens with zero attached hydrogens (tertiary/aromatic N) is 1. The zero-order chi connectivity index (χ0) is 18.2. The van der Waals surface area contributed by atoms with Crippen LogP contribution in [0.2, 0.25) is 0 Å². The molecule has 0 aliphatic carbocycles. The summed E-state index contributed by atoms with van der Waals surface area (Å²) in [5.74, 6) is -0.334. The molecule has 0 aliphatic heterocycles. The standard InChI is InChI=1S/C21H21NO3/c1-22(2)21-6-4-3-5-17(21)10-14-20(25)15-19(24)13-9-16-7-11-18(23)12-8-16/h3-14,23H,15H2,1-2H3. The third-order valence-corrected chi connectivity index (χ3v) is 3.57. The molecule has 0 heterocycles. The van der Waals surface area contributed by atoms with Gasteiger partial charge in [-0.25, -0.2) is 0 Å². The minimum Gasteiger partial charge on any atom is -0.508 e. The second-order valence-corrected chi connectivity index (χ2v) is 5.82. The fourth-order valence-corrected chi connectivity index (χ4v) is 2.28. The lowest BCUT2D eigenvalue weighted by atomic mass is 10.1. The lowest BCUT2D eigenvalue weighted by molar-refractivity contribution is -0.121. The molecule has 0 saturated carbocycles. The molecular weight excluding hydrogens is 314 g/mol. The summed E-state index contributed by atoms with van der Waals surface area (Å²) in [6.45, 7) is 0. The van der Waals surface area contributed by atoms with Crippen molar-refractivity contribution in [3.63, 3.8) is 0 Å². The van der Waals surface area contributed by atoms with Crippen LogP contribution in [0.4, 0.5) is 5.69 Å². The van der Waals surface area contributed by atoms with Crippen molar-refractivity contribution >= 4 is 29.4 Å².